The van der Waals surface area contributed by atoms with E-state index in [0.717, 1.165) is 0 Å². The van der Waals surface area contributed by atoms with Gasteiger partial charge >= 0.3 is 0 Å². The van der Waals surface area contributed by atoms with E-state index >= 15 is 0 Å². The third-order valence-corrected chi connectivity index (χ3v) is 2.08. The molecule has 0 spiro atoms. The number of Topliss-reactive ketones (excluding diaryl/α,β-unsaturated/α-hetero) is 1. The molecule has 0 saturated heterocycles. The van der Waals surface area contributed by atoms with Crippen LogP contribution in [0.4, 0.5) is 0 Å². The molecule has 0 saturated carbocycles. The number of ketones is 1. The van der Waals surface area contributed by atoms with E-state index in [-0.39, 0.29) is 22.2 Å². The third-order valence-electron chi connectivity index (χ3n) is 1.57. The molecule has 0 aliphatic heterocycles. The molecule has 0 aliphatic carbocycles. The van der Waals surface area contributed by atoms with Gasteiger partial charge in [0, 0.05) is 11.1 Å². The number of alkyl halides is 1. The van der Waals surface area contributed by atoms with Gasteiger partial charge in [0.2, 0.25) is 0 Å². The summed E-state index contributed by atoms with van der Waals surface area (Å²) < 4.78 is 0. The van der Waals surface area contributed by atoms with Crippen LogP contribution in [0.2, 0.25) is 0 Å². The van der Waals surface area contributed by atoms with Gasteiger partial charge in [0.25, 0.3) is 0 Å². The van der Waals surface area contributed by atoms with Crippen LogP contribution in [0.15, 0.2) is 24.3 Å². The number of carbonyl (C=O) groups excluding carboxylic acids is 2. The minimum atomic E-state index is -1.33. The predicted octanol–water partition coefficient (Wildman–Crippen LogP) is 0.628. The summed E-state index contributed by atoms with van der Waals surface area (Å²) in [6.45, 7) is 0. The van der Waals surface area contributed by atoms with Crippen LogP contribution in [0.5, 0.6) is 0 Å². The van der Waals surface area contributed by atoms with Crippen molar-refractivity contribution in [1.29, 1.82) is 0 Å². The van der Waals surface area contributed by atoms with Crippen molar-refractivity contribution in [3.8, 4) is 0 Å². The number of benzene rings is 1. The normalized spacial score (nSPS) is 9.62. The lowest BCUT2D eigenvalue weighted by molar-refractivity contribution is -0.255. The van der Waals surface area contributed by atoms with Crippen molar-refractivity contribution in [1.82, 2.24) is 0 Å². The van der Waals surface area contributed by atoms with Gasteiger partial charge in [-0.25, -0.2) is 0 Å². The molecule has 0 bridgehead atoms. The highest BCUT2D eigenvalue weighted by atomic mass is 79.9. The maximum atomic E-state index is 11.2. The zero-order chi connectivity index (χ0) is 9.84. The van der Waals surface area contributed by atoms with Gasteiger partial charge < -0.3 is 9.90 Å². The Morgan fingerprint density at radius 3 is 2.23 bits per heavy atom. The molecule has 68 valence electrons. The van der Waals surface area contributed by atoms with Crippen molar-refractivity contribution in [3.05, 3.63) is 35.4 Å². The van der Waals surface area contributed by atoms with Gasteiger partial charge in [0.1, 0.15) is 0 Å². The topological polar surface area (TPSA) is 57.2 Å². The van der Waals surface area contributed by atoms with Crippen molar-refractivity contribution in [2.45, 2.75) is 0 Å². The first kappa shape index (κ1) is 9.92. The molecule has 0 radical (unpaired) electrons. The summed E-state index contributed by atoms with van der Waals surface area (Å²) in [4.78, 5) is 21.8. The largest absolute Gasteiger partial charge is 0.545 e. The first-order chi connectivity index (χ1) is 6.16. The van der Waals surface area contributed by atoms with Gasteiger partial charge in [0.15, 0.2) is 5.78 Å². The lowest BCUT2D eigenvalue weighted by Crippen LogP contribution is -2.25. The molecule has 0 fully saturated rings. The van der Waals surface area contributed by atoms with E-state index in [1.807, 2.05) is 0 Å². The standard InChI is InChI=1S/C9H7BrO3/c10-5-8(11)6-3-1-2-4-7(6)9(12)13/h1-4H,5H2,(H,12,13)/p-1. The average molecular weight is 242 g/mol. The van der Waals surface area contributed by atoms with Crippen molar-refractivity contribution < 1.29 is 14.7 Å². The summed E-state index contributed by atoms with van der Waals surface area (Å²) in [6.07, 6.45) is 0. The minimum absolute atomic E-state index is 0.0630. The van der Waals surface area contributed by atoms with E-state index in [2.05, 4.69) is 15.9 Å². The second kappa shape index (κ2) is 4.18. The second-order valence-electron chi connectivity index (χ2n) is 2.39. The van der Waals surface area contributed by atoms with Crippen LogP contribution in [0.3, 0.4) is 0 Å². The number of aromatic carboxylic acids is 1. The fourth-order valence-electron chi connectivity index (χ4n) is 0.976. The molecular formula is C9H6BrO3-. The number of hydrogen-bond acceptors (Lipinski definition) is 3. The Morgan fingerprint density at radius 1 is 1.23 bits per heavy atom. The summed E-state index contributed by atoms with van der Waals surface area (Å²) in [5.41, 5.74) is 0.117. The summed E-state index contributed by atoms with van der Waals surface area (Å²) in [7, 11) is 0. The van der Waals surface area contributed by atoms with Crippen molar-refractivity contribution in [3.63, 3.8) is 0 Å². The Kier molecular flexibility index (Phi) is 3.19. The summed E-state index contributed by atoms with van der Waals surface area (Å²) in [5, 5.41) is 10.7. The first-order valence-electron chi connectivity index (χ1n) is 3.56. The van der Waals surface area contributed by atoms with Crippen LogP contribution in [-0.2, 0) is 0 Å². The molecule has 1 aromatic rings. The molecule has 1 rings (SSSR count). The van der Waals surface area contributed by atoms with E-state index in [1.165, 1.54) is 12.1 Å². The Labute approximate surface area is 83.5 Å². The SMILES string of the molecule is O=C([O-])c1ccccc1C(=O)CBr. The Balaban J connectivity index is 3.19. The molecule has 0 N–H and O–H groups in total. The monoisotopic (exact) mass is 241 g/mol. The highest BCUT2D eigenvalue weighted by molar-refractivity contribution is 9.09. The molecule has 3 nitrogen and oxygen atoms in total. The quantitative estimate of drug-likeness (QED) is 0.576. The van der Waals surface area contributed by atoms with Crippen LogP contribution in [-0.4, -0.2) is 17.1 Å². The summed E-state index contributed by atoms with van der Waals surface area (Å²) in [6, 6.07) is 5.98. The van der Waals surface area contributed by atoms with Crippen molar-refractivity contribution >= 4 is 27.7 Å². The zero-order valence-electron chi connectivity index (χ0n) is 6.62. The van der Waals surface area contributed by atoms with E-state index in [4.69, 9.17) is 0 Å². The highest BCUT2D eigenvalue weighted by Gasteiger charge is 2.09. The smallest absolute Gasteiger partial charge is 0.174 e. The van der Waals surface area contributed by atoms with Crippen LogP contribution in [0, 0.1) is 0 Å². The molecule has 1 aromatic carbocycles. The lowest BCUT2D eigenvalue weighted by atomic mass is 10.1. The molecule has 0 aliphatic rings. The van der Waals surface area contributed by atoms with E-state index in [9.17, 15) is 14.7 Å². The van der Waals surface area contributed by atoms with Gasteiger partial charge in [-0.05, 0) is 0 Å². The molecule has 0 unspecified atom stereocenters. The molecular weight excluding hydrogens is 236 g/mol. The van der Waals surface area contributed by atoms with Gasteiger partial charge in [-0.3, -0.25) is 4.79 Å². The van der Waals surface area contributed by atoms with Crippen LogP contribution in [0.1, 0.15) is 20.7 Å². The fourth-order valence-corrected chi connectivity index (χ4v) is 1.28. The van der Waals surface area contributed by atoms with E-state index in [0.29, 0.717) is 0 Å². The lowest BCUT2D eigenvalue weighted by Gasteiger charge is -2.06. The second-order valence-corrected chi connectivity index (χ2v) is 2.95. The molecule has 0 atom stereocenters. The summed E-state index contributed by atoms with van der Waals surface area (Å²) >= 11 is 2.97. The molecule has 4 heteroatoms. The average Bonchev–Trinajstić information content (AvgIpc) is 2.16. The van der Waals surface area contributed by atoms with Crippen LogP contribution >= 0.6 is 15.9 Å². The number of carboxylic acids is 1. The Hall–Kier alpha value is -1.16. The highest BCUT2D eigenvalue weighted by Crippen LogP contribution is 2.09. The fraction of sp³-hybridized carbons (Fsp3) is 0.111. The van der Waals surface area contributed by atoms with E-state index in [1.54, 1.807) is 12.1 Å². The molecule has 13 heavy (non-hydrogen) atoms. The molecule has 0 heterocycles. The van der Waals surface area contributed by atoms with E-state index < -0.39 is 5.97 Å². The Bertz CT molecular complexity index is 346. The summed E-state index contributed by atoms with van der Waals surface area (Å²) in [5.74, 6) is -1.59. The van der Waals surface area contributed by atoms with Gasteiger partial charge in [-0.15, -0.1) is 0 Å². The minimum Gasteiger partial charge on any atom is -0.545 e. The van der Waals surface area contributed by atoms with Crippen molar-refractivity contribution in [2.75, 3.05) is 5.33 Å². The number of hydrogen-bond donors (Lipinski definition) is 0. The Morgan fingerprint density at radius 2 is 1.77 bits per heavy atom. The number of carbonyl (C=O) groups is 2. The first-order valence-corrected chi connectivity index (χ1v) is 4.68. The maximum Gasteiger partial charge on any atom is 0.174 e. The predicted molar refractivity (Wildman–Crippen MR) is 48.9 cm³/mol. The third kappa shape index (κ3) is 2.15. The number of halogens is 1. The zero-order valence-corrected chi connectivity index (χ0v) is 8.21. The van der Waals surface area contributed by atoms with Gasteiger partial charge in [-0.2, -0.15) is 0 Å². The van der Waals surface area contributed by atoms with Gasteiger partial charge in [-0.1, -0.05) is 40.2 Å². The van der Waals surface area contributed by atoms with Crippen molar-refractivity contribution in [2.24, 2.45) is 0 Å². The molecule has 0 aromatic heterocycles. The van der Waals surface area contributed by atoms with Crippen LogP contribution < -0.4 is 5.11 Å². The van der Waals surface area contributed by atoms with Crippen LogP contribution in [0.25, 0.3) is 0 Å². The number of rotatable bonds is 3. The van der Waals surface area contributed by atoms with Gasteiger partial charge in [0.05, 0.1) is 11.3 Å². The maximum absolute atomic E-state index is 11.2. The number of carboxylic acid groups (broad SMARTS) is 1. The molecule has 0 amide bonds.